The molecule has 0 saturated carbocycles. The maximum Gasteiger partial charge on any atom is 0.258 e. The molecule has 3 aromatic rings. The molecule has 192 valence electrons. The molecule has 37 heavy (non-hydrogen) atoms. The fourth-order valence-electron chi connectivity index (χ4n) is 4.64. The van der Waals surface area contributed by atoms with E-state index in [1.165, 1.54) is 19.1 Å². The molecule has 0 spiro atoms. The van der Waals surface area contributed by atoms with E-state index in [2.05, 4.69) is 10.2 Å². The van der Waals surface area contributed by atoms with E-state index in [-0.39, 0.29) is 29.3 Å². The Labute approximate surface area is 217 Å². The molecule has 0 aliphatic carbocycles. The maximum absolute atomic E-state index is 13.5. The van der Waals surface area contributed by atoms with Crippen molar-refractivity contribution in [3.8, 4) is 0 Å². The topological polar surface area (TPSA) is 69.7 Å². The molecule has 1 aliphatic heterocycles. The number of aryl methyl sites for hydroxylation is 1. The highest BCUT2D eigenvalue weighted by Crippen LogP contribution is 2.23. The Kier molecular flexibility index (Phi) is 8.46. The number of hydrogen-bond donors (Lipinski definition) is 1. The van der Waals surface area contributed by atoms with Crippen LogP contribution in [0.1, 0.15) is 46.0 Å². The van der Waals surface area contributed by atoms with Crippen molar-refractivity contribution < 1.29 is 18.8 Å². The molecular formula is C30H32FN3O3. The van der Waals surface area contributed by atoms with Crippen LogP contribution in [0.25, 0.3) is 0 Å². The third kappa shape index (κ3) is 6.89. The van der Waals surface area contributed by atoms with Crippen molar-refractivity contribution in [1.82, 2.24) is 4.90 Å². The van der Waals surface area contributed by atoms with Crippen molar-refractivity contribution in [3.05, 3.63) is 95.3 Å². The van der Waals surface area contributed by atoms with Gasteiger partial charge in [0.25, 0.3) is 5.91 Å². The number of benzene rings is 3. The van der Waals surface area contributed by atoms with Gasteiger partial charge in [-0.25, -0.2) is 4.39 Å². The van der Waals surface area contributed by atoms with E-state index in [0.717, 1.165) is 37.2 Å². The summed E-state index contributed by atoms with van der Waals surface area (Å²) in [6.07, 6.45) is 1.47. The van der Waals surface area contributed by atoms with Crippen LogP contribution in [0.15, 0.2) is 72.8 Å². The molecule has 0 atom stereocenters. The minimum atomic E-state index is -0.345. The Morgan fingerprint density at radius 1 is 0.892 bits per heavy atom. The minimum absolute atomic E-state index is 0.0684. The first-order valence-electron chi connectivity index (χ1n) is 12.6. The highest BCUT2D eigenvalue weighted by Gasteiger charge is 2.27. The van der Waals surface area contributed by atoms with Crippen LogP contribution in [-0.4, -0.2) is 48.7 Å². The van der Waals surface area contributed by atoms with Gasteiger partial charge in [0, 0.05) is 48.4 Å². The molecule has 2 amide bonds. The largest absolute Gasteiger partial charge is 0.326 e. The van der Waals surface area contributed by atoms with Crippen LogP contribution in [0, 0.1) is 18.7 Å². The van der Waals surface area contributed by atoms with E-state index in [0.29, 0.717) is 29.9 Å². The molecule has 1 heterocycles. The normalized spacial score (nSPS) is 14.2. The van der Waals surface area contributed by atoms with E-state index in [1.54, 1.807) is 41.3 Å². The SMILES string of the molecule is CC(=O)Nc1ccc(C(=O)N(CCN2CCC(C(=O)c3ccc(F)cc3)CC2)c2ccc(C)cc2)cc1. The van der Waals surface area contributed by atoms with Crippen molar-refractivity contribution in [3.63, 3.8) is 0 Å². The Balaban J connectivity index is 1.40. The van der Waals surface area contributed by atoms with Gasteiger partial charge in [0.05, 0.1) is 0 Å². The Morgan fingerprint density at radius 2 is 1.49 bits per heavy atom. The van der Waals surface area contributed by atoms with Gasteiger partial charge in [-0.05, 0) is 93.5 Å². The number of nitrogens with zero attached hydrogens (tertiary/aromatic N) is 2. The summed E-state index contributed by atoms with van der Waals surface area (Å²) in [5.74, 6) is -0.622. The Hall–Kier alpha value is -3.84. The lowest BCUT2D eigenvalue weighted by atomic mass is 9.89. The van der Waals surface area contributed by atoms with E-state index >= 15 is 0 Å². The summed E-state index contributed by atoms with van der Waals surface area (Å²) >= 11 is 0. The molecule has 7 heteroatoms. The van der Waals surface area contributed by atoms with Crippen LogP contribution in [0.4, 0.5) is 15.8 Å². The van der Waals surface area contributed by atoms with E-state index < -0.39 is 0 Å². The zero-order chi connectivity index (χ0) is 26.4. The third-order valence-electron chi connectivity index (χ3n) is 6.77. The minimum Gasteiger partial charge on any atom is -0.326 e. The average molecular weight is 502 g/mol. The van der Waals surface area contributed by atoms with Gasteiger partial charge >= 0.3 is 0 Å². The van der Waals surface area contributed by atoms with Crippen molar-refractivity contribution in [2.24, 2.45) is 5.92 Å². The number of amides is 2. The lowest BCUT2D eigenvalue weighted by Crippen LogP contribution is -2.42. The van der Waals surface area contributed by atoms with Gasteiger partial charge in [0.15, 0.2) is 5.78 Å². The van der Waals surface area contributed by atoms with Gasteiger partial charge in [-0.1, -0.05) is 17.7 Å². The molecule has 1 N–H and O–H groups in total. The number of carbonyl (C=O) groups excluding carboxylic acids is 3. The van der Waals surface area contributed by atoms with Crippen LogP contribution in [0.3, 0.4) is 0 Å². The summed E-state index contributed by atoms with van der Waals surface area (Å²) in [6.45, 7) is 6.17. The standard InChI is InChI=1S/C30H32FN3O3/c1-21-3-13-28(14-4-21)34(30(37)25-7-11-27(12-8-25)32-22(2)35)20-19-33-17-15-24(16-18-33)29(36)23-5-9-26(31)10-6-23/h3-14,24H,15-20H2,1-2H3,(H,32,35). The second-order valence-electron chi connectivity index (χ2n) is 9.54. The number of nitrogens with one attached hydrogen (secondary N) is 1. The molecule has 0 radical (unpaired) electrons. The molecule has 1 saturated heterocycles. The van der Waals surface area contributed by atoms with Crippen molar-refractivity contribution >= 4 is 29.0 Å². The molecule has 0 unspecified atom stereocenters. The van der Waals surface area contributed by atoms with E-state index in [4.69, 9.17) is 0 Å². The predicted molar refractivity (Wildman–Crippen MR) is 143 cm³/mol. The van der Waals surface area contributed by atoms with Crippen LogP contribution in [-0.2, 0) is 4.79 Å². The summed E-state index contributed by atoms with van der Waals surface area (Å²) in [4.78, 5) is 41.7. The second-order valence-corrected chi connectivity index (χ2v) is 9.54. The zero-order valence-electron chi connectivity index (χ0n) is 21.2. The predicted octanol–water partition coefficient (Wildman–Crippen LogP) is 5.33. The first-order chi connectivity index (χ1) is 17.8. The number of rotatable bonds is 8. The molecule has 3 aromatic carbocycles. The quantitative estimate of drug-likeness (QED) is 0.424. The number of Topliss-reactive ketones (excluding diaryl/α,β-unsaturated/α-hetero) is 1. The number of likely N-dealkylation sites (tertiary alicyclic amines) is 1. The number of halogens is 1. The maximum atomic E-state index is 13.5. The summed E-state index contributed by atoms with van der Waals surface area (Å²) in [5.41, 5.74) is 3.68. The molecular weight excluding hydrogens is 469 g/mol. The van der Waals surface area contributed by atoms with E-state index in [1.807, 2.05) is 31.2 Å². The fourth-order valence-corrected chi connectivity index (χ4v) is 4.64. The lowest BCUT2D eigenvalue weighted by Gasteiger charge is -2.33. The van der Waals surface area contributed by atoms with Crippen molar-refractivity contribution in [2.45, 2.75) is 26.7 Å². The van der Waals surface area contributed by atoms with Gasteiger partial charge < -0.3 is 15.1 Å². The van der Waals surface area contributed by atoms with Crippen LogP contribution in [0.5, 0.6) is 0 Å². The van der Waals surface area contributed by atoms with Crippen LogP contribution in [0.2, 0.25) is 0 Å². The second kappa shape index (κ2) is 11.9. The zero-order valence-corrected chi connectivity index (χ0v) is 21.2. The molecule has 4 rings (SSSR count). The first-order valence-corrected chi connectivity index (χ1v) is 12.6. The van der Waals surface area contributed by atoms with Gasteiger partial charge in [-0.15, -0.1) is 0 Å². The summed E-state index contributed by atoms with van der Waals surface area (Å²) in [5, 5.41) is 2.72. The first kappa shape index (κ1) is 26.2. The summed E-state index contributed by atoms with van der Waals surface area (Å²) < 4.78 is 13.2. The highest BCUT2D eigenvalue weighted by atomic mass is 19.1. The smallest absolute Gasteiger partial charge is 0.258 e. The number of carbonyl (C=O) groups is 3. The van der Waals surface area contributed by atoms with E-state index in [9.17, 15) is 18.8 Å². The number of anilines is 2. The molecule has 6 nitrogen and oxygen atoms in total. The summed E-state index contributed by atoms with van der Waals surface area (Å²) in [6, 6.07) is 20.5. The van der Waals surface area contributed by atoms with Crippen molar-refractivity contribution in [1.29, 1.82) is 0 Å². The summed E-state index contributed by atoms with van der Waals surface area (Å²) in [7, 11) is 0. The molecule has 1 fully saturated rings. The molecule has 0 bridgehead atoms. The van der Waals surface area contributed by atoms with Crippen LogP contribution < -0.4 is 10.2 Å². The van der Waals surface area contributed by atoms with Crippen LogP contribution >= 0.6 is 0 Å². The van der Waals surface area contributed by atoms with Gasteiger partial charge in [0.1, 0.15) is 5.82 Å². The van der Waals surface area contributed by atoms with Gasteiger partial charge in [-0.3, -0.25) is 14.4 Å². The number of hydrogen-bond acceptors (Lipinski definition) is 4. The fraction of sp³-hybridized carbons (Fsp3) is 0.300. The monoisotopic (exact) mass is 501 g/mol. The third-order valence-corrected chi connectivity index (χ3v) is 6.77. The van der Waals surface area contributed by atoms with Gasteiger partial charge in [-0.2, -0.15) is 0 Å². The van der Waals surface area contributed by atoms with Gasteiger partial charge in [0.2, 0.25) is 5.91 Å². The molecule has 1 aliphatic rings. The average Bonchev–Trinajstić information content (AvgIpc) is 2.90. The lowest BCUT2D eigenvalue weighted by molar-refractivity contribution is -0.114. The number of ketones is 1. The number of piperidine rings is 1. The Morgan fingerprint density at radius 3 is 2.08 bits per heavy atom. The van der Waals surface area contributed by atoms with Crippen molar-refractivity contribution in [2.75, 3.05) is 36.4 Å². The highest BCUT2D eigenvalue weighted by molar-refractivity contribution is 6.06. The Bertz CT molecular complexity index is 1230. The molecule has 0 aromatic heterocycles.